The third-order valence-corrected chi connectivity index (χ3v) is 5.77. The van der Waals surface area contributed by atoms with E-state index in [0.717, 1.165) is 56.3 Å². The molecule has 142 valence electrons. The maximum absolute atomic E-state index is 12.9. The average Bonchev–Trinajstić information content (AvgIpc) is 2.89. The highest BCUT2D eigenvalue weighted by molar-refractivity contribution is 6.25. The molecule has 0 bridgehead atoms. The van der Waals surface area contributed by atoms with E-state index in [1.807, 2.05) is 36.4 Å². The molecule has 2 aromatic rings. The lowest BCUT2D eigenvalue weighted by Crippen LogP contribution is -2.41. The largest absolute Gasteiger partial charge is 0.305 e. The zero-order valence-electron chi connectivity index (χ0n) is 16.0. The number of amides is 2. The first-order valence-electron chi connectivity index (χ1n) is 9.94. The van der Waals surface area contributed by atoms with Gasteiger partial charge in [-0.2, -0.15) is 0 Å². The molecule has 5 nitrogen and oxygen atoms in total. The molecule has 0 N–H and O–H groups in total. The zero-order chi connectivity index (χ0) is 18.8. The van der Waals surface area contributed by atoms with Crippen LogP contribution in [0.25, 0.3) is 10.8 Å². The van der Waals surface area contributed by atoms with E-state index in [0.29, 0.717) is 17.7 Å². The van der Waals surface area contributed by atoms with Gasteiger partial charge in [-0.25, -0.2) is 0 Å². The van der Waals surface area contributed by atoms with Crippen molar-refractivity contribution in [1.82, 2.24) is 14.7 Å². The fourth-order valence-electron chi connectivity index (χ4n) is 4.21. The molecule has 2 amide bonds. The number of unbranched alkanes of at least 4 members (excludes halogenated alkanes) is 1. The van der Waals surface area contributed by atoms with Gasteiger partial charge in [-0.05, 0) is 63.5 Å². The molecule has 0 aliphatic carbocycles. The molecule has 0 radical (unpaired) electrons. The highest BCUT2D eigenvalue weighted by atomic mass is 16.2. The van der Waals surface area contributed by atoms with E-state index in [1.54, 1.807) is 0 Å². The summed E-state index contributed by atoms with van der Waals surface area (Å²) in [5.41, 5.74) is 1.30. The van der Waals surface area contributed by atoms with Gasteiger partial charge in [0, 0.05) is 36.1 Å². The van der Waals surface area contributed by atoms with Crippen LogP contribution in [0.2, 0.25) is 0 Å². The molecule has 2 aliphatic heterocycles. The van der Waals surface area contributed by atoms with Crippen LogP contribution < -0.4 is 0 Å². The van der Waals surface area contributed by atoms with Crippen LogP contribution in [0.5, 0.6) is 0 Å². The van der Waals surface area contributed by atoms with E-state index in [4.69, 9.17) is 0 Å². The van der Waals surface area contributed by atoms with Crippen molar-refractivity contribution in [3.63, 3.8) is 0 Å². The zero-order valence-corrected chi connectivity index (χ0v) is 16.0. The Bertz CT molecular complexity index is 813. The molecular formula is C22H27N3O2. The van der Waals surface area contributed by atoms with E-state index < -0.39 is 0 Å². The topological polar surface area (TPSA) is 43.9 Å². The molecule has 27 heavy (non-hydrogen) atoms. The lowest BCUT2D eigenvalue weighted by Gasteiger charge is -2.27. The van der Waals surface area contributed by atoms with E-state index >= 15 is 0 Å². The van der Waals surface area contributed by atoms with Crippen molar-refractivity contribution in [1.29, 1.82) is 0 Å². The highest BCUT2D eigenvalue weighted by Gasteiger charge is 2.32. The summed E-state index contributed by atoms with van der Waals surface area (Å²) in [5.74, 6) is -0.304. The van der Waals surface area contributed by atoms with Gasteiger partial charge in [-0.15, -0.1) is 0 Å². The predicted molar refractivity (Wildman–Crippen MR) is 107 cm³/mol. The van der Waals surface area contributed by atoms with Gasteiger partial charge < -0.3 is 9.80 Å². The molecule has 0 aromatic heterocycles. The molecule has 0 atom stereocenters. The fourth-order valence-corrected chi connectivity index (χ4v) is 4.21. The minimum Gasteiger partial charge on any atom is -0.305 e. The molecule has 2 aromatic carbocycles. The quantitative estimate of drug-likeness (QED) is 0.604. The second-order valence-electron chi connectivity index (χ2n) is 7.68. The Morgan fingerprint density at radius 3 is 2.19 bits per heavy atom. The van der Waals surface area contributed by atoms with E-state index in [-0.39, 0.29) is 11.8 Å². The second kappa shape index (κ2) is 7.79. The third-order valence-electron chi connectivity index (χ3n) is 5.77. The van der Waals surface area contributed by atoms with E-state index in [2.05, 4.69) is 16.8 Å². The Kier molecular flexibility index (Phi) is 5.23. The van der Waals surface area contributed by atoms with Crippen LogP contribution in [0.1, 0.15) is 40.0 Å². The van der Waals surface area contributed by atoms with Crippen LogP contribution in [0.15, 0.2) is 36.4 Å². The van der Waals surface area contributed by atoms with Crippen LogP contribution in [0.4, 0.5) is 0 Å². The van der Waals surface area contributed by atoms with Crippen LogP contribution in [0.3, 0.4) is 0 Å². The van der Waals surface area contributed by atoms with Crippen molar-refractivity contribution in [3.05, 3.63) is 47.5 Å². The third kappa shape index (κ3) is 3.62. The van der Waals surface area contributed by atoms with Gasteiger partial charge in [0.05, 0.1) is 0 Å². The molecular weight excluding hydrogens is 338 g/mol. The standard InChI is InChI=1S/C22H27N3O2/c1-23-11-6-13-24(16-15-23)12-2-3-14-25-21(26)18-9-4-7-17-8-5-10-19(20(17)18)22(25)27/h4-5,7-10H,2-3,6,11-16H2,1H3. The maximum atomic E-state index is 12.9. The first-order chi connectivity index (χ1) is 13.1. The number of nitrogens with zero attached hydrogens (tertiary/aromatic N) is 3. The summed E-state index contributed by atoms with van der Waals surface area (Å²) in [6.07, 6.45) is 3.06. The second-order valence-corrected chi connectivity index (χ2v) is 7.68. The Morgan fingerprint density at radius 1 is 0.815 bits per heavy atom. The van der Waals surface area contributed by atoms with Crippen LogP contribution in [-0.2, 0) is 0 Å². The van der Waals surface area contributed by atoms with Gasteiger partial charge in [-0.3, -0.25) is 14.5 Å². The Labute approximate surface area is 160 Å². The first kappa shape index (κ1) is 18.1. The minimum absolute atomic E-state index is 0.152. The average molecular weight is 365 g/mol. The fraction of sp³-hybridized carbons (Fsp3) is 0.455. The highest BCUT2D eigenvalue weighted by Crippen LogP contribution is 2.30. The summed E-state index contributed by atoms with van der Waals surface area (Å²) >= 11 is 0. The SMILES string of the molecule is CN1CCCN(CCCCN2C(=O)c3cccc4cccc(c34)C2=O)CC1. The summed E-state index contributed by atoms with van der Waals surface area (Å²) in [5, 5.41) is 1.76. The summed E-state index contributed by atoms with van der Waals surface area (Å²) < 4.78 is 0. The van der Waals surface area contributed by atoms with Gasteiger partial charge in [0.1, 0.15) is 0 Å². The van der Waals surface area contributed by atoms with Crippen LogP contribution >= 0.6 is 0 Å². The van der Waals surface area contributed by atoms with Crippen molar-refractivity contribution in [2.24, 2.45) is 0 Å². The normalized spacial score (nSPS) is 18.9. The minimum atomic E-state index is -0.152. The van der Waals surface area contributed by atoms with Crippen LogP contribution in [-0.4, -0.2) is 72.8 Å². The van der Waals surface area contributed by atoms with Gasteiger partial charge in [0.15, 0.2) is 0 Å². The number of hydrogen-bond acceptors (Lipinski definition) is 4. The van der Waals surface area contributed by atoms with Crippen molar-refractivity contribution >= 4 is 22.6 Å². The summed E-state index contributed by atoms with van der Waals surface area (Å²) in [4.78, 5) is 32.1. The molecule has 5 heteroatoms. The van der Waals surface area contributed by atoms with Gasteiger partial charge in [0.25, 0.3) is 11.8 Å². The smallest absolute Gasteiger partial charge is 0.261 e. The lowest BCUT2D eigenvalue weighted by molar-refractivity contribution is 0.0606. The van der Waals surface area contributed by atoms with E-state index in [9.17, 15) is 9.59 Å². The monoisotopic (exact) mass is 365 g/mol. The van der Waals surface area contributed by atoms with Gasteiger partial charge in [-0.1, -0.05) is 24.3 Å². The molecule has 2 heterocycles. The lowest BCUT2D eigenvalue weighted by atomic mass is 9.94. The Morgan fingerprint density at radius 2 is 1.48 bits per heavy atom. The molecule has 0 unspecified atom stereocenters. The van der Waals surface area contributed by atoms with Crippen molar-refractivity contribution < 1.29 is 9.59 Å². The van der Waals surface area contributed by atoms with Crippen molar-refractivity contribution in [3.8, 4) is 0 Å². The van der Waals surface area contributed by atoms with Crippen molar-refractivity contribution in [2.75, 3.05) is 46.3 Å². The number of rotatable bonds is 5. The summed E-state index contributed by atoms with van der Waals surface area (Å²) in [6.45, 7) is 6.06. The number of carbonyl (C=O) groups is 2. The maximum Gasteiger partial charge on any atom is 0.261 e. The molecule has 1 fully saturated rings. The number of hydrogen-bond donors (Lipinski definition) is 0. The number of carbonyl (C=O) groups excluding carboxylic acids is 2. The Hall–Kier alpha value is -2.24. The number of imide groups is 1. The predicted octanol–water partition coefficient (Wildman–Crippen LogP) is 2.85. The Balaban J connectivity index is 1.39. The molecule has 2 aliphatic rings. The van der Waals surface area contributed by atoms with Crippen LogP contribution in [0, 0.1) is 0 Å². The van der Waals surface area contributed by atoms with Gasteiger partial charge >= 0.3 is 0 Å². The van der Waals surface area contributed by atoms with Crippen molar-refractivity contribution in [2.45, 2.75) is 19.3 Å². The number of benzene rings is 2. The molecule has 4 rings (SSSR count). The van der Waals surface area contributed by atoms with E-state index in [1.165, 1.54) is 11.3 Å². The summed E-state index contributed by atoms with van der Waals surface area (Å²) in [7, 11) is 2.18. The summed E-state index contributed by atoms with van der Waals surface area (Å²) in [6, 6.07) is 11.4. The molecule has 0 saturated carbocycles. The molecule has 0 spiro atoms. The molecule has 1 saturated heterocycles. The number of likely N-dealkylation sites (N-methyl/N-ethyl adjacent to an activating group) is 1. The van der Waals surface area contributed by atoms with Gasteiger partial charge in [0.2, 0.25) is 0 Å². The first-order valence-corrected chi connectivity index (χ1v) is 9.94.